The van der Waals surface area contributed by atoms with Gasteiger partial charge in [0.2, 0.25) is 5.91 Å². The van der Waals surface area contributed by atoms with E-state index in [1.54, 1.807) is 10.3 Å². The third kappa shape index (κ3) is 10.7. The minimum Gasteiger partial charge on any atom is -0.455 e. The first-order valence-electron chi connectivity index (χ1n) is 17.8. The monoisotopic (exact) mass is 680 g/mol. The lowest BCUT2D eigenvalue weighted by Gasteiger charge is -2.36. The summed E-state index contributed by atoms with van der Waals surface area (Å²) >= 11 is 1.29. The number of hydrogen-bond donors (Lipinski definition) is 1. The Balaban J connectivity index is 1.47. The van der Waals surface area contributed by atoms with Gasteiger partial charge in [-0.1, -0.05) is 64.4 Å². The van der Waals surface area contributed by atoms with E-state index in [0.29, 0.717) is 23.0 Å². The Morgan fingerprint density at radius 1 is 1.04 bits per heavy atom. The van der Waals surface area contributed by atoms with Crippen molar-refractivity contribution in [2.24, 2.45) is 23.7 Å². The molecule has 0 radical (unpaired) electrons. The van der Waals surface area contributed by atoms with Crippen LogP contribution in [0.25, 0.3) is 0 Å². The highest BCUT2D eigenvalue weighted by molar-refractivity contribution is 7.09. The van der Waals surface area contributed by atoms with Crippen molar-refractivity contribution in [2.75, 3.05) is 20.6 Å². The Kier molecular flexibility index (Phi) is 13.8. The van der Waals surface area contributed by atoms with Crippen molar-refractivity contribution in [3.05, 3.63) is 52.0 Å². The Hall–Kier alpha value is -3.11. The van der Waals surface area contributed by atoms with E-state index in [4.69, 9.17) is 4.74 Å². The smallest absolute Gasteiger partial charge is 0.303 e. The summed E-state index contributed by atoms with van der Waals surface area (Å²) in [5.74, 6) is -0.204. The van der Waals surface area contributed by atoms with Crippen LogP contribution in [-0.4, -0.2) is 77.1 Å². The van der Waals surface area contributed by atoms with Gasteiger partial charge in [-0.3, -0.25) is 24.1 Å². The molecule has 2 amide bonds. The van der Waals surface area contributed by atoms with Gasteiger partial charge in [-0.05, 0) is 75.4 Å². The molecule has 9 nitrogen and oxygen atoms in total. The minimum absolute atomic E-state index is 0.0154. The number of rotatable bonds is 17. The number of esters is 1. The molecule has 264 valence electrons. The maximum atomic E-state index is 14.1. The number of ether oxygens (including phenoxy) is 1. The Labute approximate surface area is 291 Å². The van der Waals surface area contributed by atoms with Crippen LogP contribution < -0.4 is 5.32 Å². The molecule has 1 saturated heterocycles. The highest BCUT2D eigenvalue weighted by Gasteiger charge is 2.42. The number of Topliss-reactive ketones (excluding diaryl/α,β-unsaturated/α-hetero) is 1. The van der Waals surface area contributed by atoms with Crippen molar-refractivity contribution in [1.29, 1.82) is 0 Å². The van der Waals surface area contributed by atoms with Gasteiger partial charge in [0.25, 0.3) is 5.91 Å². The number of likely N-dealkylation sites (N-methyl/N-ethyl adjacent to an activating group) is 1. The molecule has 1 saturated carbocycles. The number of carbonyl (C=O) groups is 4. The van der Waals surface area contributed by atoms with Crippen molar-refractivity contribution < 1.29 is 23.9 Å². The molecule has 4 rings (SSSR count). The standard InChI is InChI=1S/C38H56N4O5S/c1-24(2)19-29(20-27-13-9-8-10-14-27)39-36(45)31-23-48-37(40-31)35(47-26(5)43)22-33(25(3)4)42(7)38(46)30(28-16-17-28)21-34(44)32-15-11-12-18-41(32)6/h8-10,13-14,23-25,28-30,32-33,35H,11-12,15-22H2,1-7H3,(H,39,45). The SMILES string of the molecule is CC(=O)OC(CC(C(C)C)N(C)C(=O)C(CC(=O)C1CCCCN1C)C1CC1)c1nc(C(=O)NC(Cc2ccccc2)CC(C)C)cs1. The number of likely N-dealkylation sites (tertiary alicyclic amines) is 1. The lowest BCUT2D eigenvalue weighted by molar-refractivity contribution is -0.149. The number of nitrogens with zero attached hydrogens (tertiary/aromatic N) is 3. The number of benzene rings is 1. The summed E-state index contributed by atoms with van der Waals surface area (Å²) in [6.07, 6.45) is 6.38. The molecule has 5 unspecified atom stereocenters. The van der Waals surface area contributed by atoms with E-state index in [0.717, 1.165) is 57.1 Å². The van der Waals surface area contributed by atoms with Gasteiger partial charge in [0.15, 0.2) is 11.9 Å². The van der Waals surface area contributed by atoms with Gasteiger partial charge < -0.3 is 15.0 Å². The lowest BCUT2D eigenvalue weighted by Crippen LogP contribution is -2.47. The minimum atomic E-state index is -0.718. The molecule has 1 aromatic heterocycles. The second-order valence-electron chi connectivity index (χ2n) is 14.8. The number of aromatic nitrogens is 1. The maximum Gasteiger partial charge on any atom is 0.303 e. The summed E-state index contributed by atoms with van der Waals surface area (Å²) in [6.45, 7) is 10.7. The van der Waals surface area contributed by atoms with Gasteiger partial charge in [0.1, 0.15) is 10.7 Å². The summed E-state index contributed by atoms with van der Waals surface area (Å²) in [7, 11) is 3.82. The van der Waals surface area contributed by atoms with E-state index in [-0.39, 0.29) is 59.9 Å². The predicted molar refractivity (Wildman–Crippen MR) is 190 cm³/mol. The van der Waals surface area contributed by atoms with Crippen molar-refractivity contribution in [3.8, 4) is 0 Å². The van der Waals surface area contributed by atoms with Crippen LogP contribution in [-0.2, 0) is 25.5 Å². The van der Waals surface area contributed by atoms with Crippen molar-refractivity contribution in [2.45, 2.75) is 117 Å². The molecular weight excluding hydrogens is 625 g/mol. The van der Waals surface area contributed by atoms with Gasteiger partial charge in [0, 0.05) is 50.2 Å². The van der Waals surface area contributed by atoms with Crippen LogP contribution in [0, 0.1) is 23.7 Å². The molecule has 1 aliphatic carbocycles. The first-order valence-corrected chi connectivity index (χ1v) is 18.7. The molecule has 10 heteroatoms. The van der Waals surface area contributed by atoms with Crippen molar-refractivity contribution >= 4 is 34.9 Å². The maximum absolute atomic E-state index is 14.1. The number of amides is 2. The topological polar surface area (TPSA) is 109 Å². The number of nitrogens with one attached hydrogen (secondary N) is 1. The second-order valence-corrected chi connectivity index (χ2v) is 15.7. The molecule has 2 aromatic rings. The van der Waals surface area contributed by atoms with E-state index in [9.17, 15) is 19.2 Å². The fourth-order valence-corrected chi connectivity index (χ4v) is 8.01. The zero-order chi connectivity index (χ0) is 35.0. The molecule has 2 heterocycles. The van der Waals surface area contributed by atoms with Crippen molar-refractivity contribution in [3.63, 3.8) is 0 Å². The lowest BCUT2D eigenvalue weighted by atomic mass is 9.88. The number of ketones is 1. The molecule has 48 heavy (non-hydrogen) atoms. The van der Waals surface area contributed by atoms with E-state index in [1.165, 1.54) is 18.3 Å². The summed E-state index contributed by atoms with van der Waals surface area (Å²) in [6, 6.07) is 9.70. The van der Waals surface area contributed by atoms with Crippen molar-refractivity contribution in [1.82, 2.24) is 20.1 Å². The molecule has 2 fully saturated rings. The van der Waals surface area contributed by atoms with Crippen LogP contribution in [0.15, 0.2) is 35.7 Å². The fraction of sp³-hybridized carbons (Fsp3) is 0.658. The van der Waals surface area contributed by atoms with E-state index in [1.807, 2.05) is 32.3 Å². The first kappa shape index (κ1) is 37.7. The molecule has 1 aromatic carbocycles. The third-order valence-corrected chi connectivity index (χ3v) is 10.8. The average molecular weight is 681 g/mol. The zero-order valence-corrected chi connectivity index (χ0v) is 30.8. The number of carbonyl (C=O) groups excluding carboxylic acids is 4. The molecule has 5 atom stereocenters. The largest absolute Gasteiger partial charge is 0.455 e. The number of piperidine rings is 1. The summed E-state index contributed by atoms with van der Waals surface area (Å²) in [4.78, 5) is 61.8. The molecule has 2 aliphatic rings. The molecule has 1 aliphatic heterocycles. The van der Waals surface area contributed by atoms with Crippen LogP contribution in [0.5, 0.6) is 0 Å². The highest BCUT2D eigenvalue weighted by atomic mass is 32.1. The molecular formula is C38H56N4O5S. The van der Waals surface area contributed by atoms with Crippen LogP contribution in [0.3, 0.4) is 0 Å². The number of thiazole rings is 1. The van der Waals surface area contributed by atoms with Crippen LogP contribution >= 0.6 is 11.3 Å². The highest BCUT2D eigenvalue weighted by Crippen LogP contribution is 2.41. The molecule has 0 bridgehead atoms. The van der Waals surface area contributed by atoms with Gasteiger partial charge >= 0.3 is 5.97 Å². The fourth-order valence-electron chi connectivity index (χ4n) is 7.17. The average Bonchev–Trinajstić information content (AvgIpc) is 3.75. The quantitative estimate of drug-likeness (QED) is 0.191. The van der Waals surface area contributed by atoms with Gasteiger partial charge in [-0.2, -0.15) is 0 Å². The number of hydrogen-bond acceptors (Lipinski definition) is 8. The second kappa shape index (κ2) is 17.5. The third-order valence-electron chi connectivity index (χ3n) is 9.90. The van der Waals surface area contributed by atoms with Crippen LogP contribution in [0.1, 0.15) is 113 Å². The van der Waals surface area contributed by atoms with E-state index in [2.05, 4.69) is 55.0 Å². The summed E-state index contributed by atoms with van der Waals surface area (Å²) in [5, 5.41) is 5.43. The zero-order valence-electron chi connectivity index (χ0n) is 29.9. The predicted octanol–water partition coefficient (Wildman–Crippen LogP) is 6.48. The van der Waals surface area contributed by atoms with E-state index < -0.39 is 12.1 Å². The first-order chi connectivity index (χ1) is 22.8. The summed E-state index contributed by atoms with van der Waals surface area (Å²) in [5.41, 5.74) is 1.45. The summed E-state index contributed by atoms with van der Waals surface area (Å²) < 4.78 is 5.81. The normalized spacial score (nSPS) is 19.4. The van der Waals surface area contributed by atoms with Gasteiger partial charge in [-0.25, -0.2) is 4.98 Å². The molecule has 0 spiro atoms. The Morgan fingerprint density at radius 3 is 2.35 bits per heavy atom. The van der Waals surface area contributed by atoms with E-state index >= 15 is 0 Å². The van der Waals surface area contributed by atoms with Crippen LogP contribution in [0.2, 0.25) is 0 Å². The Morgan fingerprint density at radius 2 is 1.75 bits per heavy atom. The van der Waals surface area contributed by atoms with Gasteiger partial charge in [-0.15, -0.1) is 11.3 Å². The van der Waals surface area contributed by atoms with Gasteiger partial charge in [0.05, 0.1) is 6.04 Å². The Bertz CT molecular complexity index is 1370. The molecule has 1 N–H and O–H groups in total. The van der Waals surface area contributed by atoms with Crippen LogP contribution in [0.4, 0.5) is 0 Å².